The van der Waals surface area contributed by atoms with Gasteiger partial charge in [0.15, 0.2) is 4.77 Å². The van der Waals surface area contributed by atoms with E-state index in [1.807, 2.05) is 12.1 Å². The molecule has 18 heavy (non-hydrogen) atoms. The smallest absolute Gasteiger partial charge is 0.178 e. The van der Waals surface area contributed by atoms with Crippen molar-refractivity contribution < 1.29 is 0 Å². The van der Waals surface area contributed by atoms with Crippen LogP contribution in [0.3, 0.4) is 0 Å². The minimum Gasteiger partial charge on any atom is -0.331 e. The molecule has 3 rings (SSSR count). The normalized spacial score (nSPS) is 23.9. The van der Waals surface area contributed by atoms with Crippen molar-refractivity contribution in [3.8, 4) is 0 Å². The minimum atomic E-state index is 0.475. The van der Waals surface area contributed by atoms with Crippen molar-refractivity contribution in [2.75, 3.05) is 0 Å². The second kappa shape index (κ2) is 4.55. The quantitative estimate of drug-likeness (QED) is 0.702. The number of benzene rings is 1. The molecule has 2 atom stereocenters. The average molecular weight is 301 g/mol. The van der Waals surface area contributed by atoms with Gasteiger partial charge in [0.2, 0.25) is 0 Å². The Labute approximate surface area is 121 Å². The topological polar surface area (TPSA) is 20.7 Å². The van der Waals surface area contributed by atoms with Crippen LogP contribution in [-0.4, -0.2) is 9.55 Å². The van der Waals surface area contributed by atoms with Crippen LogP contribution in [0.25, 0.3) is 11.0 Å². The van der Waals surface area contributed by atoms with Gasteiger partial charge in [0, 0.05) is 6.04 Å². The zero-order valence-electron chi connectivity index (χ0n) is 10.0. The Balaban J connectivity index is 2.25. The Bertz CT molecular complexity index is 659. The number of hydrogen-bond acceptors (Lipinski definition) is 1. The lowest BCUT2D eigenvalue weighted by Crippen LogP contribution is -2.11. The third-order valence-electron chi connectivity index (χ3n) is 3.91. The van der Waals surface area contributed by atoms with E-state index in [4.69, 9.17) is 35.4 Å². The summed E-state index contributed by atoms with van der Waals surface area (Å²) >= 11 is 17.6. The number of halogens is 2. The maximum atomic E-state index is 6.12. The summed E-state index contributed by atoms with van der Waals surface area (Å²) in [5.74, 6) is 0.658. The van der Waals surface area contributed by atoms with Gasteiger partial charge in [0.05, 0.1) is 21.1 Å². The van der Waals surface area contributed by atoms with Crippen molar-refractivity contribution in [2.45, 2.75) is 32.2 Å². The van der Waals surface area contributed by atoms with E-state index >= 15 is 0 Å². The van der Waals surface area contributed by atoms with Gasteiger partial charge < -0.3 is 9.55 Å². The van der Waals surface area contributed by atoms with Crippen LogP contribution in [0, 0.1) is 10.7 Å². The van der Waals surface area contributed by atoms with E-state index in [0.717, 1.165) is 15.8 Å². The lowest BCUT2D eigenvalue weighted by Gasteiger charge is -2.18. The molecule has 0 spiro atoms. The van der Waals surface area contributed by atoms with Crippen LogP contribution in [0.15, 0.2) is 12.1 Å². The molecule has 1 heterocycles. The van der Waals surface area contributed by atoms with Crippen LogP contribution in [0.1, 0.15) is 32.2 Å². The first-order valence-electron chi connectivity index (χ1n) is 6.17. The van der Waals surface area contributed by atoms with E-state index in [-0.39, 0.29) is 0 Å². The van der Waals surface area contributed by atoms with E-state index < -0.39 is 0 Å². The van der Waals surface area contributed by atoms with Crippen LogP contribution in [0.2, 0.25) is 10.0 Å². The van der Waals surface area contributed by atoms with E-state index in [1.165, 1.54) is 19.3 Å². The van der Waals surface area contributed by atoms with Crippen LogP contribution in [0.5, 0.6) is 0 Å². The molecule has 96 valence electrons. The largest absolute Gasteiger partial charge is 0.331 e. The molecule has 1 aliphatic rings. The number of nitrogens with zero attached hydrogens (tertiary/aromatic N) is 1. The van der Waals surface area contributed by atoms with Gasteiger partial charge in [-0.25, -0.2) is 0 Å². The van der Waals surface area contributed by atoms with E-state index in [0.29, 0.717) is 22.0 Å². The van der Waals surface area contributed by atoms with Gasteiger partial charge in [-0.05, 0) is 43.1 Å². The van der Waals surface area contributed by atoms with E-state index in [2.05, 4.69) is 16.5 Å². The van der Waals surface area contributed by atoms with E-state index in [9.17, 15) is 0 Å². The summed E-state index contributed by atoms with van der Waals surface area (Å²) in [6.07, 6.45) is 3.71. The molecule has 2 aromatic rings. The minimum absolute atomic E-state index is 0.475. The number of H-pyrrole nitrogens is 1. The molecule has 0 bridgehead atoms. The Hall–Kier alpha value is -0.510. The van der Waals surface area contributed by atoms with Gasteiger partial charge in [-0.15, -0.1) is 0 Å². The monoisotopic (exact) mass is 300 g/mol. The molecule has 0 amide bonds. The molecule has 5 heteroatoms. The first kappa shape index (κ1) is 12.5. The fourth-order valence-electron chi connectivity index (χ4n) is 2.96. The van der Waals surface area contributed by atoms with Crippen molar-refractivity contribution in [2.24, 2.45) is 5.92 Å². The number of fused-ring (bicyclic) bond motifs is 1. The number of hydrogen-bond donors (Lipinski definition) is 1. The van der Waals surface area contributed by atoms with Gasteiger partial charge in [0.1, 0.15) is 0 Å². The van der Waals surface area contributed by atoms with Crippen LogP contribution >= 0.6 is 35.4 Å². The van der Waals surface area contributed by atoms with Crippen molar-refractivity contribution >= 4 is 46.5 Å². The Kier molecular flexibility index (Phi) is 3.16. The number of aromatic amines is 1. The molecule has 1 aromatic carbocycles. The number of nitrogens with one attached hydrogen (secondary N) is 1. The predicted octanol–water partition coefficient (Wildman–Crippen LogP) is 5.37. The summed E-state index contributed by atoms with van der Waals surface area (Å²) in [5.41, 5.74) is 2.03. The van der Waals surface area contributed by atoms with Crippen molar-refractivity contribution in [1.29, 1.82) is 0 Å². The van der Waals surface area contributed by atoms with Crippen LogP contribution in [0.4, 0.5) is 0 Å². The third kappa shape index (κ3) is 1.89. The fourth-order valence-corrected chi connectivity index (χ4v) is 3.62. The summed E-state index contributed by atoms with van der Waals surface area (Å²) in [5, 5.41) is 1.14. The van der Waals surface area contributed by atoms with Crippen molar-refractivity contribution in [3.05, 3.63) is 26.9 Å². The highest BCUT2D eigenvalue weighted by Crippen LogP contribution is 2.38. The lowest BCUT2D eigenvalue weighted by molar-refractivity contribution is 0.413. The SMILES string of the molecule is CC1CCCC1n1c(=S)[nH]c2cc(Cl)c(Cl)cc21. The van der Waals surface area contributed by atoms with Crippen LogP contribution < -0.4 is 0 Å². The number of aromatic nitrogens is 2. The second-order valence-electron chi connectivity index (χ2n) is 5.06. The molecule has 1 N–H and O–H groups in total. The zero-order valence-corrected chi connectivity index (χ0v) is 12.4. The highest BCUT2D eigenvalue weighted by molar-refractivity contribution is 7.71. The second-order valence-corrected chi connectivity index (χ2v) is 6.26. The molecule has 0 radical (unpaired) electrons. The molecule has 2 unspecified atom stereocenters. The summed E-state index contributed by atoms with van der Waals surface area (Å²) < 4.78 is 2.98. The first-order valence-corrected chi connectivity index (χ1v) is 7.33. The molecule has 1 aromatic heterocycles. The Morgan fingerprint density at radius 2 is 2.00 bits per heavy atom. The molecule has 0 aliphatic heterocycles. The van der Waals surface area contributed by atoms with Gasteiger partial charge >= 0.3 is 0 Å². The number of imidazole rings is 1. The molecular weight excluding hydrogens is 287 g/mol. The lowest BCUT2D eigenvalue weighted by atomic mass is 10.1. The summed E-state index contributed by atoms with van der Waals surface area (Å²) in [6.45, 7) is 2.29. The summed E-state index contributed by atoms with van der Waals surface area (Å²) in [4.78, 5) is 3.23. The fraction of sp³-hybridized carbons (Fsp3) is 0.462. The molecular formula is C13H14Cl2N2S. The molecule has 0 saturated heterocycles. The van der Waals surface area contributed by atoms with Crippen molar-refractivity contribution in [3.63, 3.8) is 0 Å². The summed E-state index contributed by atoms with van der Waals surface area (Å²) in [6, 6.07) is 4.24. The van der Waals surface area contributed by atoms with Gasteiger partial charge in [-0.1, -0.05) is 36.5 Å². The average Bonchev–Trinajstić information content (AvgIpc) is 2.83. The van der Waals surface area contributed by atoms with Crippen molar-refractivity contribution in [1.82, 2.24) is 9.55 Å². The van der Waals surface area contributed by atoms with Gasteiger partial charge in [0.25, 0.3) is 0 Å². The van der Waals surface area contributed by atoms with E-state index in [1.54, 1.807) is 0 Å². The number of rotatable bonds is 1. The summed E-state index contributed by atoms with van der Waals surface area (Å²) in [7, 11) is 0. The maximum Gasteiger partial charge on any atom is 0.178 e. The molecule has 1 saturated carbocycles. The Morgan fingerprint density at radius 1 is 1.28 bits per heavy atom. The maximum absolute atomic E-state index is 6.12. The Morgan fingerprint density at radius 3 is 2.67 bits per heavy atom. The zero-order chi connectivity index (χ0) is 12.9. The highest BCUT2D eigenvalue weighted by atomic mass is 35.5. The highest BCUT2D eigenvalue weighted by Gasteiger charge is 2.27. The standard InChI is InChI=1S/C13H14Cl2N2S/c1-7-3-2-4-11(7)17-12-6-9(15)8(14)5-10(12)16-13(17)18/h5-7,11H,2-4H2,1H3,(H,16,18). The van der Waals surface area contributed by atoms with Gasteiger partial charge in [-0.3, -0.25) is 0 Å². The van der Waals surface area contributed by atoms with Gasteiger partial charge in [-0.2, -0.15) is 0 Å². The molecule has 1 fully saturated rings. The molecule has 1 aliphatic carbocycles. The molecule has 2 nitrogen and oxygen atoms in total. The predicted molar refractivity (Wildman–Crippen MR) is 79.2 cm³/mol. The first-order chi connectivity index (χ1) is 8.58. The van der Waals surface area contributed by atoms with Crippen LogP contribution in [-0.2, 0) is 0 Å². The third-order valence-corrected chi connectivity index (χ3v) is 4.93.